The summed E-state index contributed by atoms with van der Waals surface area (Å²) < 4.78 is 0. The number of nitrogens with zero attached hydrogens (tertiary/aromatic N) is 1. The molecule has 21 heavy (non-hydrogen) atoms. The Balaban J connectivity index is 1.38. The molecule has 1 amide bonds. The fourth-order valence-corrected chi connectivity index (χ4v) is 3.88. The summed E-state index contributed by atoms with van der Waals surface area (Å²) in [5.41, 5.74) is 7.70. The van der Waals surface area contributed by atoms with Crippen molar-refractivity contribution in [1.82, 2.24) is 21.1 Å². The summed E-state index contributed by atoms with van der Waals surface area (Å²) in [4.78, 5) is 14.7. The summed E-state index contributed by atoms with van der Waals surface area (Å²) in [5.74, 6) is 1.58. The predicted octanol–water partition coefficient (Wildman–Crippen LogP) is 0.272. The first kappa shape index (κ1) is 13.2. The van der Waals surface area contributed by atoms with Gasteiger partial charge in [-0.2, -0.15) is 0 Å². The fraction of sp³-hybridized carbons (Fsp3) is 0.562. The monoisotopic (exact) mass is 286 g/mol. The van der Waals surface area contributed by atoms with Crippen LogP contribution in [0, 0.1) is 11.8 Å². The van der Waals surface area contributed by atoms with Crippen LogP contribution in [0.5, 0.6) is 0 Å². The zero-order valence-electron chi connectivity index (χ0n) is 12.1. The Morgan fingerprint density at radius 2 is 1.76 bits per heavy atom. The lowest BCUT2D eigenvalue weighted by molar-refractivity contribution is -0.132. The van der Waals surface area contributed by atoms with Gasteiger partial charge >= 0.3 is 0 Å². The Morgan fingerprint density at radius 1 is 1.05 bits per heavy atom. The minimum Gasteiger partial charge on any atom is -0.341 e. The van der Waals surface area contributed by atoms with Crippen molar-refractivity contribution in [3.05, 3.63) is 35.9 Å². The normalized spacial score (nSPS) is 35.1. The van der Waals surface area contributed by atoms with Crippen LogP contribution >= 0.6 is 0 Å². The molecule has 0 bridgehead atoms. The highest BCUT2D eigenvalue weighted by molar-refractivity contribution is 5.82. The molecule has 1 aromatic rings. The Kier molecular flexibility index (Phi) is 3.41. The molecule has 3 aliphatic rings. The molecule has 0 radical (unpaired) electrons. The quantitative estimate of drug-likeness (QED) is 0.730. The molecule has 3 fully saturated rings. The number of carbonyl (C=O) groups is 1. The van der Waals surface area contributed by atoms with Gasteiger partial charge in [-0.3, -0.25) is 4.79 Å². The SMILES string of the molecule is O=C(C1CC(c2ccccc2)NN1)N1C[C@H]2CNC[C@H]2C1. The standard InChI is InChI=1S/C16H22N4O/c21-16(20-9-12-7-17-8-13(12)10-20)15-6-14(18-19-15)11-4-2-1-3-5-11/h1-5,12-15,17-19H,6-10H2/t12-,13+,14?,15?. The lowest BCUT2D eigenvalue weighted by Gasteiger charge is -2.21. The van der Waals surface area contributed by atoms with Crippen molar-refractivity contribution in [2.45, 2.75) is 18.5 Å². The van der Waals surface area contributed by atoms with Crippen LogP contribution in [0.3, 0.4) is 0 Å². The topological polar surface area (TPSA) is 56.4 Å². The summed E-state index contributed by atoms with van der Waals surface area (Å²) in [6, 6.07) is 10.5. The molecule has 3 heterocycles. The number of hydrazine groups is 1. The van der Waals surface area contributed by atoms with Crippen LogP contribution in [-0.4, -0.2) is 43.0 Å². The molecule has 0 spiro atoms. The molecule has 0 saturated carbocycles. The number of likely N-dealkylation sites (tertiary alicyclic amines) is 1. The molecule has 0 aliphatic carbocycles. The number of amides is 1. The summed E-state index contributed by atoms with van der Waals surface area (Å²) in [6.07, 6.45) is 0.826. The van der Waals surface area contributed by atoms with E-state index in [1.54, 1.807) is 0 Å². The van der Waals surface area contributed by atoms with Crippen LogP contribution in [0.2, 0.25) is 0 Å². The van der Waals surface area contributed by atoms with Gasteiger partial charge in [0.05, 0.1) is 0 Å². The van der Waals surface area contributed by atoms with Crippen molar-refractivity contribution >= 4 is 5.91 Å². The minimum absolute atomic E-state index is 0.0954. The van der Waals surface area contributed by atoms with E-state index < -0.39 is 0 Å². The number of rotatable bonds is 2. The van der Waals surface area contributed by atoms with E-state index in [-0.39, 0.29) is 18.0 Å². The Hall–Kier alpha value is -1.43. The van der Waals surface area contributed by atoms with Crippen LogP contribution in [-0.2, 0) is 4.79 Å². The molecule has 0 aromatic heterocycles. The average molecular weight is 286 g/mol. The molecule has 5 nitrogen and oxygen atoms in total. The van der Waals surface area contributed by atoms with Gasteiger partial charge in [0.25, 0.3) is 0 Å². The van der Waals surface area contributed by atoms with Crippen molar-refractivity contribution in [2.75, 3.05) is 26.2 Å². The van der Waals surface area contributed by atoms with Crippen LogP contribution < -0.4 is 16.2 Å². The maximum absolute atomic E-state index is 12.7. The summed E-state index contributed by atoms with van der Waals surface area (Å²) >= 11 is 0. The molecule has 3 N–H and O–H groups in total. The largest absolute Gasteiger partial charge is 0.341 e. The number of fused-ring (bicyclic) bond motifs is 1. The first-order chi connectivity index (χ1) is 10.3. The van der Waals surface area contributed by atoms with Gasteiger partial charge in [-0.15, -0.1) is 0 Å². The van der Waals surface area contributed by atoms with Crippen molar-refractivity contribution in [2.24, 2.45) is 11.8 Å². The zero-order chi connectivity index (χ0) is 14.2. The summed E-state index contributed by atoms with van der Waals surface area (Å²) in [6.45, 7) is 3.98. The van der Waals surface area contributed by atoms with E-state index >= 15 is 0 Å². The maximum Gasteiger partial charge on any atom is 0.241 e. The molecule has 1 aromatic carbocycles. The van der Waals surface area contributed by atoms with E-state index in [4.69, 9.17) is 0 Å². The number of benzene rings is 1. The van der Waals surface area contributed by atoms with Gasteiger partial charge in [0.1, 0.15) is 6.04 Å². The molecular formula is C16H22N4O. The number of hydrogen-bond acceptors (Lipinski definition) is 4. The van der Waals surface area contributed by atoms with Crippen LogP contribution in [0.15, 0.2) is 30.3 Å². The third-order valence-electron chi connectivity index (χ3n) is 5.10. The van der Waals surface area contributed by atoms with E-state index in [9.17, 15) is 4.79 Å². The third-order valence-corrected chi connectivity index (χ3v) is 5.10. The highest BCUT2D eigenvalue weighted by Crippen LogP contribution is 2.29. The third kappa shape index (κ3) is 2.46. The summed E-state index contributed by atoms with van der Waals surface area (Å²) in [7, 11) is 0. The average Bonchev–Trinajstić information content (AvgIpc) is 3.22. The van der Waals surface area contributed by atoms with Crippen molar-refractivity contribution in [1.29, 1.82) is 0 Å². The van der Waals surface area contributed by atoms with E-state index in [2.05, 4.69) is 33.2 Å². The number of nitrogens with one attached hydrogen (secondary N) is 3. The van der Waals surface area contributed by atoms with Crippen molar-refractivity contribution in [3.63, 3.8) is 0 Å². The zero-order valence-corrected chi connectivity index (χ0v) is 12.1. The van der Waals surface area contributed by atoms with Crippen LogP contribution in [0.1, 0.15) is 18.0 Å². The highest BCUT2D eigenvalue weighted by Gasteiger charge is 2.41. The first-order valence-electron chi connectivity index (χ1n) is 7.87. The van der Waals surface area contributed by atoms with E-state index in [1.165, 1.54) is 5.56 Å². The molecule has 5 heteroatoms. The number of carbonyl (C=O) groups excluding carboxylic acids is 1. The lowest BCUT2D eigenvalue weighted by Crippen LogP contribution is -2.45. The van der Waals surface area contributed by atoms with E-state index in [0.29, 0.717) is 11.8 Å². The first-order valence-corrected chi connectivity index (χ1v) is 7.87. The molecule has 4 rings (SSSR count). The van der Waals surface area contributed by atoms with Gasteiger partial charge in [0.2, 0.25) is 5.91 Å². The molecule has 3 aliphatic heterocycles. The van der Waals surface area contributed by atoms with Gasteiger partial charge in [-0.05, 0) is 23.8 Å². The second-order valence-corrected chi connectivity index (χ2v) is 6.46. The molecular weight excluding hydrogens is 264 g/mol. The van der Waals surface area contributed by atoms with Gasteiger partial charge < -0.3 is 10.2 Å². The highest BCUT2D eigenvalue weighted by atomic mass is 16.2. The smallest absolute Gasteiger partial charge is 0.241 e. The molecule has 2 unspecified atom stereocenters. The fourth-order valence-electron chi connectivity index (χ4n) is 3.88. The lowest BCUT2D eigenvalue weighted by atomic mass is 10.0. The minimum atomic E-state index is -0.0954. The van der Waals surface area contributed by atoms with Gasteiger partial charge in [-0.25, -0.2) is 10.9 Å². The van der Waals surface area contributed by atoms with Crippen LogP contribution in [0.4, 0.5) is 0 Å². The predicted molar refractivity (Wildman–Crippen MR) is 80.3 cm³/mol. The maximum atomic E-state index is 12.7. The molecule has 3 saturated heterocycles. The van der Waals surface area contributed by atoms with Crippen molar-refractivity contribution in [3.8, 4) is 0 Å². The Labute approximate surface area is 125 Å². The Morgan fingerprint density at radius 3 is 2.48 bits per heavy atom. The number of hydrogen-bond donors (Lipinski definition) is 3. The van der Waals surface area contributed by atoms with Gasteiger partial charge in [-0.1, -0.05) is 30.3 Å². The van der Waals surface area contributed by atoms with Gasteiger partial charge in [0, 0.05) is 32.2 Å². The van der Waals surface area contributed by atoms with Crippen molar-refractivity contribution < 1.29 is 4.79 Å². The Bertz CT molecular complexity index is 508. The van der Waals surface area contributed by atoms with E-state index in [0.717, 1.165) is 32.6 Å². The van der Waals surface area contributed by atoms with E-state index in [1.807, 2.05) is 18.2 Å². The molecule has 112 valence electrons. The second kappa shape index (κ2) is 5.40. The van der Waals surface area contributed by atoms with Crippen LogP contribution in [0.25, 0.3) is 0 Å². The summed E-state index contributed by atoms with van der Waals surface area (Å²) in [5, 5.41) is 3.42. The molecule has 4 atom stereocenters. The van der Waals surface area contributed by atoms with Gasteiger partial charge in [0.15, 0.2) is 0 Å². The second-order valence-electron chi connectivity index (χ2n) is 6.46.